The SMILES string of the molecule is CC(C)(C)c1ccc2c(c1)c(=O)c1cc(-n3c4ccccc4c4ccc5c6ccccc6n(-c6ccc7c(c6)C6(c8ccccc8-c8ccccc86)c6ccccc6-7)c5c43)cc3c(=O)c4cc(C(C)(C)C)ccc4n2c13. The first-order chi connectivity index (χ1) is 36.8. The van der Waals surface area contributed by atoms with Gasteiger partial charge in [0, 0.05) is 54.5 Å². The molecule has 10 aromatic carbocycles. The van der Waals surface area contributed by atoms with E-state index in [9.17, 15) is 0 Å². The zero-order valence-electron chi connectivity index (χ0n) is 43.2. The van der Waals surface area contributed by atoms with Crippen LogP contribution in [0.15, 0.2) is 210 Å². The summed E-state index contributed by atoms with van der Waals surface area (Å²) in [7, 11) is 0. The topological polar surface area (TPSA) is 48.4 Å². The maximum Gasteiger partial charge on any atom is 0.197 e. The molecule has 5 nitrogen and oxygen atoms in total. The Morgan fingerprint density at radius 1 is 0.316 bits per heavy atom. The first-order valence-electron chi connectivity index (χ1n) is 26.6. The molecule has 1 spiro atoms. The quantitative estimate of drug-likeness (QED) is 0.128. The molecule has 16 rings (SSSR count). The zero-order chi connectivity index (χ0) is 51.3. The van der Waals surface area contributed by atoms with Gasteiger partial charge in [0.15, 0.2) is 10.9 Å². The molecule has 0 N–H and O–H groups in total. The Kier molecular flexibility index (Phi) is 8.34. The summed E-state index contributed by atoms with van der Waals surface area (Å²) < 4.78 is 6.99. The monoisotopic (exact) mass is 977 g/mol. The van der Waals surface area contributed by atoms with Crippen LogP contribution in [0.1, 0.15) is 74.9 Å². The molecule has 0 bridgehead atoms. The number of fused-ring (bicyclic) bond motifs is 21. The van der Waals surface area contributed by atoms with Crippen molar-refractivity contribution in [3.05, 3.63) is 254 Å². The molecule has 0 atom stereocenters. The number of hydrogen-bond acceptors (Lipinski definition) is 2. The molecule has 0 amide bonds. The van der Waals surface area contributed by atoms with Crippen LogP contribution in [-0.4, -0.2) is 13.5 Å². The summed E-state index contributed by atoms with van der Waals surface area (Å²) in [5, 5.41) is 6.74. The van der Waals surface area contributed by atoms with Gasteiger partial charge in [-0.05, 0) is 127 Å². The molecule has 2 aliphatic rings. The van der Waals surface area contributed by atoms with E-state index in [1.165, 1.54) is 44.5 Å². The van der Waals surface area contributed by atoms with Crippen LogP contribution in [0, 0.1) is 0 Å². The van der Waals surface area contributed by atoms with Crippen molar-refractivity contribution in [1.82, 2.24) is 13.5 Å². The lowest BCUT2D eigenvalue weighted by atomic mass is 9.70. The summed E-state index contributed by atoms with van der Waals surface area (Å²) in [5.74, 6) is 0. The summed E-state index contributed by atoms with van der Waals surface area (Å²) in [5.41, 5.74) is 19.5. The normalized spacial score (nSPS) is 13.9. The Bertz CT molecular complexity index is 4890. The van der Waals surface area contributed by atoms with E-state index in [1.807, 2.05) is 0 Å². The van der Waals surface area contributed by atoms with E-state index in [1.54, 1.807) is 0 Å². The van der Waals surface area contributed by atoms with Crippen molar-refractivity contribution in [1.29, 1.82) is 0 Å². The number of nitrogens with zero attached hydrogens (tertiary/aromatic N) is 3. The van der Waals surface area contributed by atoms with Gasteiger partial charge in [0.25, 0.3) is 0 Å². The fraction of sp³-hybridized carbons (Fsp3) is 0.127. The highest BCUT2D eigenvalue weighted by Crippen LogP contribution is 2.63. The van der Waals surface area contributed by atoms with E-state index in [0.29, 0.717) is 27.1 Å². The van der Waals surface area contributed by atoms with Crippen LogP contribution in [-0.2, 0) is 16.2 Å². The standard InChI is InChI=1S/C71H51N3O2/c1-69(2,3)40-27-33-62-52(35-40)67(75)54-37-43(38-55-64(54)74(62)63-34-28-41(70(4,5)6)36-53(63)68(55)76)73-61-26-16-11-21-49(61)51-32-31-50-48-20-10-15-25-60(48)72(65(50)66(51)73)42-29-30-47-46-19-9-14-24-58(46)71(59(47)39-42)56-22-12-7-17-44(56)45-18-8-13-23-57(45)71/h7-39H,1-6H3. The molecule has 0 unspecified atom stereocenters. The van der Waals surface area contributed by atoms with Gasteiger partial charge in [0.1, 0.15) is 0 Å². The molecule has 76 heavy (non-hydrogen) atoms. The highest BCUT2D eigenvalue weighted by atomic mass is 16.1. The first kappa shape index (κ1) is 43.4. The van der Waals surface area contributed by atoms with Crippen molar-refractivity contribution in [3.63, 3.8) is 0 Å². The molecule has 0 saturated carbocycles. The predicted octanol–water partition coefficient (Wildman–Crippen LogP) is 16.7. The van der Waals surface area contributed by atoms with Crippen LogP contribution in [0.4, 0.5) is 0 Å². The second-order valence-corrected chi connectivity index (χ2v) is 23.5. The fourth-order valence-electron chi connectivity index (χ4n) is 14.0. The van der Waals surface area contributed by atoms with Gasteiger partial charge in [-0.2, -0.15) is 0 Å². The lowest BCUT2D eigenvalue weighted by molar-refractivity contribution is 0.591. The van der Waals surface area contributed by atoms with Crippen molar-refractivity contribution in [2.45, 2.75) is 57.8 Å². The van der Waals surface area contributed by atoms with E-state index in [0.717, 1.165) is 77.1 Å². The number of para-hydroxylation sites is 2. The van der Waals surface area contributed by atoms with Crippen LogP contribution in [0.25, 0.3) is 115 Å². The van der Waals surface area contributed by atoms with Crippen LogP contribution >= 0.6 is 0 Å². The van der Waals surface area contributed by atoms with Crippen molar-refractivity contribution in [2.75, 3.05) is 0 Å². The highest BCUT2D eigenvalue weighted by molar-refractivity contribution is 6.24. The van der Waals surface area contributed by atoms with Gasteiger partial charge in [-0.25, -0.2) is 0 Å². The van der Waals surface area contributed by atoms with Gasteiger partial charge in [0.2, 0.25) is 0 Å². The van der Waals surface area contributed by atoms with Gasteiger partial charge < -0.3 is 13.5 Å². The smallest absolute Gasteiger partial charge is 0.197 e. The van der Waals surface area contributed by atoms with Crippen molar-refractivity contribution >= 4 is 81.7 Å². The summed E-state index contributed by atoms with van der Waals surface area (Å²) in [6, 6.07) is 72.7. The molecule has 14 aromatic rings. The Labute approximate surface area is 438 Å². The molecule has 4 heterocycles. The Balaban J connectivity index is 1.05. The number of benzene rings is 10. The van der Waals surface area contributed by atoms with E-state index in [2.05, 4.69) is 255 Å². The van der Waals surface area contributed by atoms with Gasteiger partial charge in [0.05, 0.1) is 44.0 Å². The van der Waals surface area contributed by atoms with Crippen molar-refractivity contribution in [2.24, 2.45) is 0 Å². The lowest BCUT2D eigenvalue weighted by Gasteiger charge is -2.30. The van der Waals surface area contributed by atoms with Crippen LogP contribution in [0.5, 0.6) is 0 Å². The molecule has 0 radical (unpaired) electrons. The number of hydrogen-bond donors (Lipinski definition) is 0. The van der Waals surface area contributed by atoms with E-state index in [4.69, 9.17) is 0 Å². The third-order valence-electron chi connectivity index (χ3n) is 17.5. The number of pyridine rings is 2. The van der Waals surface area contributed by atoms with Crippen LogP contribution in [0.3, 0.4) is 0 Å². The van der Waals surface area contributed by atoms with Crippen molar-refractivity contribution < 1.29 is 0 Å². The van der Waals surface area contributed by atoms with E-state index < -0.39 is 5.41 Å². The summed E-state index contributed by atoms with van der Waals surface area (Å²) in [4.78, 5) is 31.1. The third-order valence-corrected chi connectivity index (χ3v) is 17.5. The van der Waals surface area contributed by atoms with E-state index in [-0.39, 0.29) is 21.7 Å². The summed E-state index contributed by atoms with van der Waals surface area (Å²) >= 11 is 0. The molecule has 0 fully saturated rings. The summed E-state index contributed by atoms with van der Waals surface area (Å²) in [6.45, 7) is 13.1. The second-order valence-electron chi connectivity index (χ2n) is 23.5. The molecule has 0 saturated heterocycles. The minimum absolute atomic E-state index is 0.0823. The second kappa shape index (κ2) is 14.6. The first-order valence-corrected chi connectivity index (χ1v) is 26.6. The Morgan fingerprint density at radius 2 is 0.737 bits per heavy atom. The molecule has 362 valence electrons. The maximum atomic E-state index is 15.5. The van der Waals surface area contributed by atoms with Gasteiger partial charge in [-0.3, -0.25) is 9.59 Å². The third kappa shape index (κ3) is 5.39. The Morgan fingerprint density at radius 3 is 1.21 bits per heavy atom. The Hall–Kier alpha value is -9.06. The fourth-order valence-corrected chi connectivity index (χ4v) is 14.0. The molecule has 5 heteroatoms. The zero-order valence-corrected chi connectivity index (χ0v) is 43.2. The average Bonchev–Trinajstić information content (AvgIpc) is 4.21. The van der Waals surface area contributed by atoms with Crippen molar-refractivity contribution in [3.8, 4) is 33.6 Å². The largest absolute Gasteiger partial charge is 0.308 e. The summed E-state index contributed by atoms with van der Waals surface area (Å²) in [6.07, 6.45) is 0. The van der Waals surface area contributed by atoms with Crippen LogP contribution in [0.2, 0.25) is 0 Å². The maximum absolute atomic E-state index is 15.5. The van der Waals surface area contributed by atoms with Gasteiger partial charge >= 0.3 is 0 Å². The van der Waals surface area contributed by atoms with Crippen LogP contribution < -0.4 is 10.9 Å². The minimum atomic E-state index is -0.520. The minimum Gasteiger partial charge on any atom is -0.308 e. The van der Waals surface area contributed by atoms with Gasteiger partial charge in [-0.15, -0.1) is 0 Å². The van der Waals surface area contributed by atoms with E-state index >= 15 is 9.59 Å². The molecule has 4 aromatic heterocycles. The van der Waals surface area contributed by atoms with Gasteiger partial charge in [-0.1, -0.05) is 181 Å². The molecule has 0 aliphatic heterocycles. The average molecular weight is 978 g/mol. The predicted molar refractivity (Wildman–Crippen MR) is 316 cm³/mol. The number of aromatic nitrogens is 3. The molecular weight excluding hydrogens is 927 g/mol. The molecular formula is C71H51N3O2. The number of rotatable bonds is 2. The lowest BCUT2D eigenvalue weighted by Crippen LogP contribution is -2.26. The molecule has 2 aliphatic carbocycles. The highest BCUT2D eigenvalue weighted by Gasteiger charge is 2.51.